The molecule has 0 spiro atoms. The lowest BCUT2D eigenvalue weighted by Crippen LogP contribution is -2.14. The first-order chi connectivity index (χ1) is 7.52. The van der Waals surface area contributed by atoms with E-state index in [1.54, 1.807) is 0 Å². The second kappa shape index (κ2) is 3.92. The van der Waals surface area contributed by atoms with E-state index in [1.807, 2.05) is 0 Å². The summed E-state index contributed by atoms with van der Waals surface area (Å²) >= 11 is 5.73. The van der Waals surface area contributed by atoms with Gasteiger partial charge in [0.25, 0.3) is 5.69 Å². The van der Waals surface area contributed by atoms with E-state index in [4.69, 9.17) is 17.3 Å². The summed E-state index contributed by atoms with van der Waals surface area (Å²) in [4.78, 5) is 10.3. The molecule has 1 aliphatic rings. The number of nitro benzene ring substituents is 1. The molecule has 3 N–H and O–H groups in total. The van der Waals surface area contributed by atoms with Crippen LogP contribution in [0.5, 0.6) is 5.75 Å². The maximum atomic E-state index is 10.8. The molecule has 1 aromatic carbocycles. The van der Waals surface area contributed by atoms with Crippen LogP contribution in [0, 0.1) is 16.0 Å². The zero-order valence-corrected chi connectivity index (χ0v) is 9.15. The number of nitrogens with two attached hydrogens (primary N) is 1. The highest BCUT2D eigenvalue weighted by Crippen LogP contribution is 2.46. The first kappa shape index (κ1) is 11.2. The van der Waals surface area contributed by atoms with E-state index in [0.717, 1.165) is 12.8 Å². The number of hydrogen-bond donors (Lipinski definition) is 2. The third-order valence-electron chi connectivity index (χ3n) is 2.80. The van der Waals surface area contributed by atoms with Crippen LogP contribution in [0.2, 0.25) is 5.02 Å². The Morgan fingerprint density at radius 3 is 2.69 bits per heavy atom. The zero-order valence-electron chi connectivity index (χ0n) is 8.39. The van der Waals surface area contributed by atoms with Gasteiger partial charge in [0.05, 0.1) is 15.5 Å². The summed E-state index contributed by atoms with van der Waals surface area (Å²) in [6.45, 7) is 0. The van der Waals surface area contributed by atoms with Crippen molar-refractivity contribution in [3.63, 3.8) is 0 Å². The number of phenols is 1. The van der Waals surface area contributed by atoms with Gasteiger partial charge in [0, 0.05) is 12.1 Å². The minimum absolute atomic E-state index is 0.0942. The number of nitro groups is 1. The van der Waals surface area contributed by atoms with Gasteiger partial charge in [0.15, 0.2) is 0 Å². The molecule has 1 aliphatic carbocycles. The molecule has 0 bridgehead atoms. The molecule has 1 fully saturated rings. The van der Waals surface area contributed by atoms with Crippen LogP contribution in [0.1, 0.15) is 24.4 Å². The molecule has 0 heterocycles. The van der Waals surface area contributed by atoms with Gasteiger partial charge in [-0.25, -0.2) is 0 Å². The molecule has 0 radical (unpaired) electrons. The van der Waals surface area contributed by atoms with Crippen LogP contribution >= 0.6 is 11.6 Å². The van der Waals surface area contributed by atoms with Crippen molar-refractivity contribution in [1.29, 1.82) is 0 Å². The van der Waals surface area contributed by atoms with Crippen molar-refractivity contribution in [2.45, 2.75) is 18.9 Å². The van der Waals surface area contributed by atoms with Crippen LogP contribution in [-0.4, -0.2) is 10.0 Å². The van der Waals surface area contributed by atoms with E-state index in [-0.39, 0.29) is 27.9 Å². The summed E-state index contributed by atoms with van der Waals surface area (Å²) in [5.74, 6) is -0.0571. The van der Waals surface area contributed by atoms with Crippen LogP contribution in [0.3, 0.4) is 0 Å². The zero-order chi connectivity index (χ0) is 11.9. The smallest absolute Gasteiger partial charge is 0.278 e. The van der Waals surface area contributed by atoms with Gasteiger partial charge in [-0.15, -0.1) is 0 Å². The molecule has 6 heteroatoms. The van der Waals surface area contributed by atoms with Gasteiger partial charge >= 0.3 is 0 Å². The molecular weight excluding hydrogens is 232 g/mol. The second-order valence-electron chi connectivity index (χ2n) is 3.95. The number of hydrogen-bond acceptors (Lipinski definition) is 4. The van der Waals surface area contributed by atoms with E-state index in [2.05, 4.69) is 0 Å². The molecule has 2 rings (SSSR count). The summed E-state index contributed by atoms with van der Waals surface area (Å²) in [6.07, 6.45) is 1.87. The van der Waals surface area contributed by atoms with Crippen molar-refractivity contribution in [2.24, 2.45) is 11.7 Å². The fraction of sp³-hybridized carbons (Fsp3) is 0.400. The normalized spacial score (nSPS) is 17.1. The van der Waals surface area contributed by atoms with Gasteiger partial charge in [-0.1, -0.05) is 11.6 Å². The maximum Gasteiger partial charge on any atom is 0.278 e. The molecule has 16 heavy (non-hydrogen) atoms. The maximum absolute atomic E-state index is 10.8. The van der Waals surface area contributed by atoms with Crippen LogP contribution in [0.25, 0.3) is 0 Å². The monoisotopic (exact) mass is 242 g/mol. The van der Waals surface area contributed by atoms with E-state index in [1.165, 1.54) is 12.1 Å². The quantitative estimate of drug-likeness (QED) is 0.629. The minimum atomic E-state index is -0.548. The fourth-order valence-electron chi connectivity index (χ4n) is 1.75. The number of phenolic OH excluding ortho intramolecular Hbond substituents is 1. The topological polar surface area (TPSA) is 89.4 Å². The van der Waals surface area contributed by atoms with Gasteiger partial charge in [0.2, 0.25) is 0 Å². The number of halogens is 1. The van der Waals surface area contributed by atoms with Gasteiger partial charge < -0.3 is 10.8 Å². The Bertz CT molecular complexity index is 446. The minimum Gasteiger partial charge on any atom is -0.506 e. The third-order valence-corrected chi connectivity index (χ3v) is 3.11. The van der Waals surface area contributed by atoms with Crippen LogP contribution in [-0.2, 0) is 0 Å². The average Bonchev–Trinajstić information content (AvgIpc) is 3.04. The summed E-state index contributed by atoms with van der Waals surface area (Å²) in [5, 5.41) is 20.7. The predicted octanol–water partition coefficient (Wildman–Crippen LogP) is 2.36. The molecule has 1 atom stereocenters. The molecule has 0 amide bonds. The Kier molecular flexibility index (Phi) is 2.73. The summed E-state index contributed by atoms with van der Waals surface area (Å²) in [5.41, 5.74) is 5.87. The number of rotatable bonds is 3. The van der Waals surface area contributed by atoms with Crippen molar-refractivity contribution < 1.29 is 10.0 Å². The van der Waals surface area contributed by atoms with Gasteiger partial charge in [-0.2, -0.15) is 0 Å². The van der Waals surface area contributed by atoms with E-state index >= 15 is 0 Å². The van der Waals surface area contributed by atoms with Crippen molar-refractivity contribution in [3.8, 4) is 5.75 Å². The van der Waals surface area contributed by atoms with Crippen LogP contribution in [0.15, 0.2) is 12.1 Å². The van der Waals surface area contributed by atoms with Gasteiger partial charge in [-0.05, 0) is 24.8 Å². The lowest BCUT2D eigenvalue weighted by atomic mass is 10.0. The second-order valence-corrected chi connectivity index (χ2v) is 4.36. The van der Waals surface area contributed by atoms with E-state index in [9.17, 15) is 15.2 Å². The predicted molar refractivity (Wildman–Crippen MR) is 59.4 cm³/mol. The highest BCUT2D eigenvalue weighted by Gasteiger charge is 2.36. The van der Waals surface area contributed by atoms with Crippen molar-refractivity contribution in [3.05, 3.63) is 32.8 Å². The summed E-state index contributed by atoms with van der Waals surface area (Å²) in [6, 6.07) is 2.07. The molecule has 0 aromatic heterocycles. The largest absolute Gasteiger partial charge is 0.506 e. The molecular formula is C10H11ClN2O3. The molecule has 0 aliphatic heterocycles. The Morgan fingerprint density at radius 2 is 2.19 bits per heavy atom. The number of aromatic hydroxyl groups is 1. The summed E-state index contributed by atoms with van der Waals surface area (Å²) in [7, 11) is 0. The molecule has 5 nitrogen and oxygen atoms in total. The van der Waals surface area contributed by atoms with Gasteiger partial charge in [-0.3, -0.25) is 10.1 Å². The Balaban J connectivity index is 2.53. The third kappa shape index (κ3) is 1.83. The molecule has 86 valence electrons. The first-order valence-corrected chi connectivity index (χ1v) is 5.31. The Morgan fingerprint density at radius 1 is 1.56 bits per heavy atom. The van der Waals surface area contributed by atoms with Crippen LogP contribution in [0.4, 0.5) is 5.69 Å². The Labute approximate surface area is 97.0 Å². The van der Waals surface area contributed by atoms with Crippen molar-refractivity contribution in [2.75, 3.05) is 0 Å². The lowest BCUT2D eigenvalue weighted by molar-refractivity contribution is -0.385. The molecule has 1 saturated carbocycles. The van der Waals surface area contributed by atoms with Crippen molar-refractivity contribution in [1.82, 2.24) is 0 Å². The lowest BCUT2D eigenvalue weighted by Gasteiger charge is -2.13. The number of benzene rings is 1. The highest BCUT2D eigenvalue weighted by atomic mass is 35.5. The SMILES string of the molecule is N[C@H](c1c([N+](=O)[O-])ccc(Cl)c1O)C1CC1. The molecule has 0 saturated heterocycles. The van der Waals surface area contributed by atoms with Crippen molar-refractivity contribution >= 4 is 17.3 Å². The fourth-order valence-corrected chi connectivity index (χ4v) is 1.91. The van der Waals surface area contributed by atoms with Crippen LogP contribution < -0.4 is 5.73 Å². The molecule has 0 unspecified atom stereocenters. The highest BCUT2D eigenvalue weighted by molar-refractivity contribution is 6.32. The van der Waals surface area contributed by atoms with E-state index < -0.39 is 11.0 Å². The molecule has 1 aromatic rings. The standard InChI is InChI=1S/C10H11ClN2O3/c11-6-3-4-7(13(15)16)8(10(6)14)9(12)5-1-2-5/h3-5,9,14H,1-2,12H2/t9-/m0/s1. The van der Waals surface area contributed by atoms with Gasteiger partial charge in [0.1, 0.15) is 5.75 Å². The Hall–Kier alpha value is -1.33. The average molecular weight is 243 g/mol. The number of nitrogens with zero attached hydrogens (tertiary/aromatic N) is 1. The summed E-state index contributed by atoms with van der Waals surface area (Å²) < 4.78 is 0. The first-order valence-electron chi connectivity index (χ1n) is 4.93. The van der Waals surface area contributed by atoms with E-state index in [0.29, 0.717) is 0 Å².